The van der Waals surface area contributed by atoms with Crippen LogP contribution in [0.25, 0.3) is 0 Å². The van der Waals surface area contributed by atoms with Crippen LogP contribution in [0.5, 0.6) is 0 Å². The first kappa shape index (κ1) is 16.6. The van der Waals surface area contributed by atoms with E-state index in [2.05, 4.69) is 42.2 Å². The van der Waals surface area contributed by atoms with Gasteiger partial charge in [0.1, 0.15) is 6.17 Å². The number of fused-ring (bicyclic) bond motifs is 3. The molecule has 24 heavy (non-hydrogen) atoms. The summed E-state index contributed by atoms with van der Waals surface area (Å²) in [5.41, 5.74) is 2.40. The zero-order chi connectivity index (χ0) is 17.0. The lowest BCUT2D eigenvalue weighted by Gasteiger charge is -2.31. The van der Waals surface area contributed by atoms with Gasteiger partial charge < -0.3 is 10.1 Å². The van der Waals surface area contributed by atoms with E-state index in [1.165, 1.54) is 12.7 Å². The third-order valence-electron chi connectivity index (χ3n) is 5.23. The van der Waals surface area contributed by atoms with Crippen LogP contribution in [0.4, 0.5) is 10.5 Å². The number of nitrogens with one attached hydrogen (secondary N) is 1. The zero-order valence-electron chi connectivity index (χ0n) is 14.3. The van der Waals surface area contributed by atoms with Gasteiger partial charge in [-0.05, 0) is 43.7 Å². The average molecular weight is 326 g/mol. The molecule has 3 rings (SSSR count). The Balaban J connectivity index is 1.81. The highest BCUT2D eigenvalue weighted by atomic mass is 16.5. The van der Waals surface area contributed by atoms with Crippen LogP contribution in [0.15, 0.2) is 49.1 Å². The van der Waals surface area contributed by atoms with E-state index in [9.17, 15) is 4.79 Å². The molecule has 1 saturated heterocycles. The number of likely N-dealkylation sites (tertiary alicyclic amines) is 1. The lowest BCUT2D eigenvalue weighted by atomic mass is 9.76. The van der Waals surface area contributed by atoms with Gasteiger partial charge in [-0.1, -0.05) is 36.4 Å². The number of hydrogen-bond acceptors (Lipinski definition) is 3. The summed E-state index contributed by atoms with van der Waals surface area (Å²) in [4.78, 5) is 14.0. The molecular formula is C20H26N2O2. The average Bonchev–Trinajstić information content (AvgIpc) is 3.11. The van der Waals surface area contributed by atoms with Crippen LogP contribution in [0, 0.1) is 0 Å². The molecule has 1 fully saturated rings. The van der Waals surface area contributed by atoms with Crippen LogP contribution in [-0.4, -0.2) is 30.8 Å². The molecule has 2 aliphatic rings. The van der Waals surface area contributed by atoms with Gasteiger partial charge in [0.2, 0.25) is 0 Å². The predicted octanol–water partition coefficient (Wildman–Crippen LogP) is 4.45. The second-order valence-corrected chi connectivity index (χ2v) is 6.56. The lowest BCUT2D eigenvalue weighted by Crippen LogP contribution is -2.46. The molecule has 1 amide bonds. The van der Waals surface area contributed by atoms with Crippen LogP contribution >= 0.6 is 0 Å². The van der Waals surface area contributed by atoms with Crippen LogP contribution in [0.1, 0.15) is 37.7 Å². The Bertz CT molecular complexity index is 640. The Morgan fingerprint density at radius 2 is 2.25 bits per heavy atom. The van der Waals surface area contributed by atoms with Gasteiger partial charge in [0.25, 0.3) is 0 Å². The van der Waals surface area contributed by atoms with E-state index in [0.29, 0.717) is 0 Å². The highest BCUT2D eigenvalue weighted by Gasteiger charge is 2.54. The molecule has 2 aliphatic heterocycles. The van der Waals surface area contributed by atoms with Gasteiger partial charge in [-0.15, -0.1) is 6.58 Å². The molecule has 1 aromatic carbocycles. The number of methoxy groups -OCH3 is 1. The van der Waals surface area contributed by atoms with Crippen molar-refractivity contribution in [2.75, 3.05) is 19.0 Å². The number of carbonyl (C=O) groups excluding carboxylic acids is 1. The minimum Gasteiger partial charge on any atom is -0.453 e. The summed E-state index contributed by atoms with van der Waals surface area (Å²) >= 11 is 0. The SMILES string of the molecule is C=CCCC/C=C/C[C@@]12CCN(C(=O)OC)[C@@H]1Nc1ccccc12. The maximum atomic E-state index is 12.1. The van der Waals surface area contributed by atoms with Crippen molar-refractivity contribution in [2.45, 2.75) is 43.7 Å². The van der Waals surface area contributed by atoms with Crippen molar-refractivity contribution in [2.24, 2.45) is 0 Å². The number of carbonyl (C=O) groups is 1. The van der Waals surface area contributed by atoms with E-state index < -0.39 is 0 Å². The Hall–Kier alpha value is -2.23. The molecular weight excluding hydrogens is 300 g/mol. The van der Waals surface area contributed by atoms with E-state index in [1.807, 2.05) is 17.0 Å². The summed E-state index contributed by atoms with van der Waals surface area (Å²) in [5, 5.41) is 3.54. The molecule has 0 aliphatic carbocycles. The van der Waals surface area contributed by atoms with E-state index in [0.717, 1.165) is 44.3 Å². The number of unbranched alkanes of at least 4 members (excludes halogenated alkanes) is 2. The van der Waals surface area contributed by atoms with Gasteiger partial charge in [-0.3, -0.25) is 4.90 Å². The molecule has 0 spiro atoms. The maximum Gasteiger partial charge on any atom is 0.411 e. The Labute approximate surface area is 144 Å². The monoisotopic (exact) mass is 326 g/mol. The first-order valence-corrected chi connectivity index (χ1v) is 8.69. The predicted molar refractivity (Wildman–Crippen MR) is 97.1 cm³/mol. The highest BCUT2D eigenvalue weighted by molar-refractivity contribution is 5.73. The van der Waals surface area contributed by atoms with Gasteiger partial charge in [0.05, 0.1) is 7.11 Å². The van der Waals surface area contributed by atoms with E-state index >= 15 is 0 Å². The fraction of sp³-hybridized carbons (Fsp3) is 0.450. The zero-order valence-corrected chi connectivity index (χ0v) is 14.3. The van der Waals surface area contributed by atoms with Gasteiger partial charge in [-0.2, -0.15) is 0 Å². The number of anilines is 1. The summed E-state index contributed by atoms with van der Waals surface area (Å²) in [5.74, 6) is 0. The topological polar surface area (TPSA) is 41.6 Å². The Morgan fingerprint density at radius 1 is 1.42 bits per heavy atom. The van der Waals surface area contributed by atoms with E-state index in [-0.39, 0.29) is 17.7 Å². The molecule has 1 aromatic rings. The van der Waals surface area contributed by atoms with Gasteiger partial charge in [0, 0.05) is 17.6 Å². The second-order valence-electron chi connectivity index (χ2n) is 6.56. The third-order valence-corrected chi connectivity index (χ3v) is 5.23. The largest absolute Gasteiger partial charge is 0.453 e. The van der Waals surface area contributed by atoms with Crippen LogP contribution in [0.3, 0.4) is 0 Å². The van der Waals surface area contributed by atoms with E-state index in [1.54, 1.807) is 0 Å². The first-order valence-electron chi connectivity index (χ1n) is 8.69. The minimum absolute atomic E-state index is 0.0276. The van der Waals surface area contributed by atoms with Crippen molar-refractivity contribution in [3.8, 4) is 0 Å². The van der Waals surface area contributed by atoms with Crippen molar-refractivity contribution < 1.29 is 9.53 Å². The third kappa shape index (κ3) is 2.81. The Morgan fingerprint density at radius 3 is 3.04 bits per heavy atom. The number of nitrogens with zero attached hydrogens (tertiary/aromatic N) is 1. The van der Waals surface area contributed by atoms with Crippen LogP contribution < -0.4 is 5.32 Å². The Kier molecular flexibility index (Phi) is 4.93. The molecule has 0 radical (unpaired) electrons. The number of para-hydroxylation sites is 1. The van der Waals surface area contributed by atoms with Crippen molar-refractivity contribution in [3.05, 3.63) is 54.6 Å². The second kappa shape index (κ2) is 7.12. The van der Waals surface area contributed by atoms with Crippen LogP contribution in [-0.2, 0) is 10.2 Å². The number of amides is 1. The lowest BCUT2D eigenvalue weighted by molar-refractivity contribution is 0.118. The minimum atomic E-state index is -0.253. The van der Waals surface area contributed by atoms with E-state index in [4.69, 9.17) is 4.74 Å². The van der Waals surface area contributed by atoms with Gasteiger partial charge in [0.15, 0.2) is 0 Å². The number of benzene rings is 1. The molecule has 0 unspecified atom stereocenters. The fourth-order valence-electron chi connectivity index (χ4n) is 4.00. The first-order chi connectivity index (χ1) is 11.7. The van der Waals surface area contributed by atoms with Crippen LogP contribution in [0.2, 0.25) is 0 Å². The number of allylic oxidation sites excluding steroid dienone is 3. The van der Waals surface area contributed by atoms with Crippen molar-refractivity contribution in [1.82, 2.24) is 4.90 Å². The standard InChI is InChI=1S/C20H26N2O2/c1-3-4-5-6-7-10-13-20-14-15-22(19(23)24-2)18(20)21-17-12-9-8-11-16(17)20/h3,7-12,18,21H,1,4-6,13-15H2,2H3/b10-7+/t18-,20-/m0/s1. The molecule has 4 heteroatoms. The molecule has 2 heterocycles. The quantitative estimate of drug-likeness (QED) is 0.620. The molecule has 1 N–H and O–H groups in total. The van der Waals surface area contributed by atoms with Crippen molar-refractivity contribution in [1.29, 1.82) is 0 Å². The fourth-order valence-corrected chi connectivity index (χ4v) is 4.00. The normalized spacial score (nSPS) is 24.5. The highest BCUT2D eigenvalue weighted by Crippen LogP contribution is 2.51. The van der Waals surface area contributed by atoms with Crippen molar-refractivity contribution >= 4 is 11.8 Å². The molecule has 0 bridgehead atoms. The molecule has 4 nitrogen and oxygen atoms in total. The molecule has 0 saturated carbocycles. The van der Waals surface area contributed by atoms with Gasteiger partial charge >= 0.3 is 6.09 Å². The smallest absolute Gasteiger partial charge is 0.411 e. The summed E-state index contributed by atoms with van der Waals surface area (Å²) in [6, 6.07) is 8.40. The molecule has 0 aromatic heterocycles. The molecule has 128 valence electrons. The summed E-state index contributed by atoms with van der Waals surface area (Å²) in [6.45, 7) is 4.49. The maximum absolute atomic E-state index is 12.1. The number of hydrogen-bond donors (Lipinski definition) is 1. The van der Waals surface area contributed by atoms with Crippen molar-refractivity contribution in [3.63, 3.8) is 0 Å². The number of rotatable bonds is 6. The molecule has 2 atom stereocenters. The van der Waals surface area contributed by atoms with Gasteiger partial charge in [-0.25, -0.2) is 4.79 Å². The summed E-state index contributed by atoms with van der Waals surface area (Å²) in [7, 11) is 1.45. The number of ether oxygens (including phenoxy) is 1. The summed E-state index contributed by atoms with van der Waals surface area (Å²) in [6.07, 6.45) is 11.4. The summed E-state index contributed by atoms with van der Waals surface area (Å²) < 4.78 is 4.98.